The summed E-state index contributed by atoms with van der Waals surface area (Å²) in [5, 5.41) is 2.85. The number of pyridine rings is 1. The Morgan fingerprint density at radius 1 is 1.23 bits per heavy atom. The topological polar surface area (TPSA) is 71.0 Å². The third kappa shape index (κ3) is 3.39. The summed E-state index contributed by atoms with van der Waals surface area (Å²) in [6.45, 7) is 4.36. The van der Waals surface area contributed by atoms with Gasteiger partial charge in [-0.3, -0.25) is 9.78 Å². The second kappa shape index (κ2) is 6.51. The summed E-state index contributed by atoms with van der Waals surface area (Å²) >= 11 is 0. The second-order valence-electron chi connectivity index (χ2n) is 5.40. The minimum absolute atomic E-state index is 0.143. The van der Waals surface area contributed by atoms with Crippen LogP contribution in [-0.2, 0) is 6.54 Å². The monoisotopic (exact) mass is 297 g/mol. The van der Waals surface area contributed by atoms with E-state index < -0.39 is 0 Å². The number of anilines is 1. The van der Waals surface area contributed by atoms with Gasteiger partial charge in [0.2, 0.25) is 0 Å². The molecule has 6 heteroatoms. The van der Waals surface area contributed by atoms with E-state index in [1.807, 2.05) is 13.0 Å². The number of aryl methyl sites for hydroxylation is 1. The number of hydrogen-bond donors (Lipinski definition) is 1. The summed E-state index contributed by atoms with van der Waals surface area (Å²) in [4.78, 5) is 27.2. The number of nitrogens with zero attached hydrogens (tertiary/aromatic N) is 4. The van der Waals surface area contributed by atoms with Crippen molar-refractivity contribution >= 4 is 11.7 Å². The highest BCUT2D eigenvalue weighted by atomic mass is 16.1. The zero-order chi connectivity index (χ0) is 15.4. The second-order valence-corrected chi connectivity index (χ2v) is 5.40. The first kappa shape index (κ1) is 14.4. The van der Waals surface area contributed by atoms with Gasteiger partial charge in [0.15, 0.2) is 0 Å². The van der Waals surface area contributed by atoms with E-state index in [9.17, 15) is 4.79 Å². The van der Waals surface area contributed by atoms with Gasteiger partial charge in [-0.25, -0.2) is 9.97 Å². The van der Waals surface area contributed by atoms with Crippen LogP contribution in [0.5, 0.6) is 0 Å². The Morgan fingerprint density at radius 3 is 2.68 bits per heavy atom. The molecule has 3 heterocycles. The van der Waals surface area contributed by atoms with Gasteiger partial charge in [-0.2, -0.15) is 0 Å². The van der Waals surface area contributed by atoms with Crippen molar-refractivity contribution in [1.29, 1.82) is 0 Å². The molecule has 0 bridgehead atoms. The highest BCUT2D eigenvalue weighted by Crippen LogP contribution is 2.18. The van der Waals surface area contributed by atoms with Crippen molar-refractivity contribution in [3.63, 3.8) is 0 Å². The Morgan fingerprint density at radius 2 is 1.95 bits per heavy atom. The zero-order valence-electron chi connectivity index (χ0n) is 12.6. The first-order valence-corrected chi connectivity index (χ1v) is 7.50. The first-order valence-electron chi connectivity index (χ1n) is 7.50. The molecule has 0 aromatic carbocycles. The summed E-state index contributed by atoms with van der Waals surface area (Å²) in [6.07, 6.45) is 5.61. The molecule has 1 fully saturated rings. The van der Waals surface area contributed by atoms with Gasteiger partial charge in [0.25, 0.3) is 5.91 Å². The van der Waals surface area contributed by atoms with E-state index in [0.717, 1.165) is 24.6 Å². The number of carbonyl (C=O) groups excluding carboxylic acids is 1. The number of rotatable bonds is 4. The van der Waals surface area contributed by atoms with Gasteiger partial charge in [-0.1, -0.05) is 0 Å². The fourth-order valence-corrected chi connectivity index (χ4v) is 2.56. The predicted octanol–water partition coefficient (Wildman–Crippen LogP) is 1.71. The van der Waals surface area contributed by atoms with E-state index in [4.69, 9.17) is 0 Å². The number of amides is 1. The van der Waals surface area contributed by atoms with Crippen molar-refractivity contribution in [1.82, 2.24) is 20.3 Å². The lowest BCUT2D eigenvalue weighted by Gasteiger charge is -2.17. The summed E-state index contributed by atoms with van der Waals surface area (Å²) in [7, 11) is 0. The average Bonchev–Trinajstić information content (AvgIpc) is 3.07. The lowest BCUT2D eigenvalue weighted by molar-refractivity contribution is 0.0949. The fraction of sp³-hybridized carbons (Fsp3) is 0.375. The maximum atomic E-state index is 12.0. The van der Waals surface area contributed by atoms with Crippen LogP contribution in [0.2, 0.25) is 0 Å². The van der Waals surface area contributed by atoms with Crippen LogP contribution in [0.15, 0.2) is 30.6 Å². The number of nitrogens with one attached hydrogen (secondary N) is 1. The van der Waals surface area contributed by atoms with Gasteiger partial charge in [-0.05, 0) is 31.9 Å². The molecule has 2 aromatic heterocycles. The minimum Gasteiger partial charge on any atom is -0.357 e. The van der Waals surface area contributed by atoms with Gasteiger partial charge < -0.3 is 10.2 Å². The van der Waals surface area contributed by atoms with Gasteiger partial charge in [0.05, 0.1) is 6.54 Å². The summed E-state index contributed by atoms with van der Waals surface area (Å²) < 4.78 is 0. The molecule has 1 amide bonds. The lowest BCUT2D eigenvalue weighted by atomic mass is 10.2. The van der Waals surface area contributed by atoms with Gasteiger partial charge >= 0.3 is 0 Å². The molecule has 114 valence electrons. The van der Waals surface area contributed by atoms with E-state index in [1.165, 1.54) is 12.8 Å². The van der Waals surface area contributed by atoms with Crippen molar-refractivity contribution < 1.29 is 4.79 Å². The quantitative estimate of drug-likeness (QED) is 0.930. The Balaban J connectivity index is 1.68. The maximum Gasteiger partial charge on any atom is 0.251 e. The molecule has 3 rings (SSSR count). The van der Waals surface area contributed by atoms with Crippen molar-refractivity contribution in [2.45, 2.75) is 26.3 Å². The number of carbonyl (C=O) groups is 1. The molecule has 0 aliphatic carbocycles. The molecule has 0 radical (unpaired) electrons. The zero-order valence-corrected chi connectivity index (χ0v) is 12.6. The Bertz CT molecular complexity index is 653. The molecule has 0 atom stereocenters. The maximum absolute atomic E-state index is 12.0. The highest BCUT2D eigenvalue weighted by molar-refractivity contribution is 5.93. The van der Waals surface area contributed by atoms with Crippen LogP contribution in [0.25, 0.3) is 0 Å². The third-order valence-corrected chi connectivity index (χ3v) is 3.67. The molecule has 22 heavy (non-hydrogen) atoms. The molecule has 0 spiro atoms. The predicted molar refractivity (Wildman–Crippen MR) is 83.6 cm³/mol. The van der Waals surface area contributed by atoms with E-state index in [-0.39, 0.29) is 5.91 Å². The number of hydrogen-bond acceptors (Lipinski definition) is 5. The molecular formula is C16H19N5O. The Labute approximate surface area is 129 Å². The van der Waals surface area contributed by atoms with E-state index >= 15 is 0 Å². The van der Waals surface area contributed by atoms with Crippen LogP contribution < -0.4 is 10.2 Å². The van der Waals surface area contributed by atoms with Crippen molar-refractivity contribution in [3.8, 4) is 0 Å². The average molecular weight is 297 g/mol. The van der Waals surface area contributed by atoms with E-state index in [1.54, 1.807) is 24.5 Å². The molecule has 0 unspecified atom stereocenters. The molecule has 6 nitrogen and oxygen atoms in total. The summed E-state index contributed by atoms with van der Waals surface area (Å²) in [5.41, 5.74) is 1.51. The standard InChI is InChI=1S/C16H19N5O/c1-12-10-15(21-8-2-3-9-21)20-14(19-12)11-18-16(22)13-4-6-17-7-5-13/h4-7,10H,2-3,8-9,11H2,1H3,(H,18,22). The van der Waals surface area contributed by atoms with Gasteiger partial charge in [0.1, 0.15) is 11.6 Å². The fourth-order valence-electron chi connectivity index (χ4n) is 2.56. The van der Waals surface area contributed by atoms with Crippen LogP contribution in [0.1, 0.15) is 34.7 Å². The van der Waals surface area contributed by atoms with Crippen molar-refractivity contribution in [2.75, 3.05) is 18.0 Å². The third-order valence-electron chi connectivity index (χ3n) is 3.67. The first-order chi connectivity index (χ1) is 10.7. The SMILES string of the molecule is Cc1cc(N2CCCC2)nc(CNC(=O)c2ccncc2)n1. The van der Waals surface area contributed by atoms with Crippen LogP contribution in [-0.4, -0.2) is 33.9 Å². The lowest BCUT2D eigenvalue weighted by Crippen LogP contribution is -2.25. The number of aromatic nitrogens is 3. The molecule has 1 aliphatic rings. The van der Waals surface area contributed by atoms with Crippen LogP contribution in [0.3, 0.4) is 0 Å². The Kier molecular flexibility index (Phi) is 4.27. The molecular weight excluding hydrogens is 278 g/mol. The Hall–Kier alpha value is -2.50. The van der Waals surface area contributed by atoms with E-state index in [0.29, 0.717) is 17.9 Å². The van der Waals surface area contributed by atoms with Gasteiger partial charge in [-0.15, -0.1) is 0 Å². The van der Waals surface area contributed by atoms with Crippen LogP contribution in [0.4, 0.5) is 5.82 Å². The van der Waals surface area contributed by atoms with E-state index in [2.05, 4.69) is 25.2 Å². The highest BCUT2D eigenvalue weighted by Gasteiger charge is 2.15. The molecule has 2 aromatic rings. The normalized spacial score (nSPS) is 14.1. The minimum atomic E-state index is -0.143. The summed E-state index contributed by atoms with van der Waals surface area (Å²) in [5.74, 6) is 1.46. The smallest absolute Gasteiger partial charge is 0.251 e. The molecule has 1 aliphatic heterocycles. The molecule has 0 saturated carbocycles. The largest absolute Gasteiger partial charge is 0.357 e. The van der Waals surface area contributed by atoms with Gasteiger partial charge in [0, 0.05) is 42.8 Å². The molecule has 1 saturated heterocycles. The molecule has 1 N–H and O–H groups in total. The van der Waals surface area contributed by atoms with Crippen molar-refractivity contribution in [2.24, 2.45) is 0 Å². The summed E-state index contributed by atoms with van der Waals surface area (Å²) in [6, 6.07) is 5.36. The van der Waals surface area contributed by atoms with Crippen LogP contribution >= 0.6 is 0 Å². The van der Waals surface area contributed by atoms with Crippen molar-refractivity contribution in [3.05, 3.63) is 47.7 Å². The van der Waals surface area contributed by atoms with Crippen LogP contribution in [0, 0.1) is 6.92 Å².